The minimum Gasteiger partial charge on any atom is -0.386 e. The van der Waals surface area contributed by atoms with Gasteiger partial charge in [0.15, 0.2) is 0 Å². The first kappa shape index (κ1) is 13.8. The molecule has 4 heteroatoms. The highest BCUT2D eigenvalue weighted by Gasteiger charge is 2.58. The van der Waals surface area contributed by atoms with Gasteiger partial charge in [0.1, 0.15) is 0 Å². The standard InChI is InChI=1S/C16H18BrNO2/c1-2-15(20)9-16(10-15,14(19)18-13-6-7-13)11-4-3-5-12(17)8-11/h2-5,8,13,20H,1,6-7,9-10H2,(H,18,19). The minimum absolute atomic E-state index is 0.0321. The van der Waals surface area contributed by atoms with Gasteiger partial charge in [0.05, 0.1) is 11.0 Å². The molecule has 0 spiro atoms. The van der Waals surface area contributed by atoms with Crippen LogP contribution in [0.25, 0.3) is 0 Å². The summed E-state index contributed by atoms with van der Waals surface area (Å²) in [5.74, 6) is 0.0321. The predicted molar refractivity (Wildman–Crippen MR) is 81.4 cm³/mol. The number of amides is 1. The first-order valence-electron chi connectivity index (χ1n) is 6.90. The lowest BCUT2D eigenvalue weighted by Gasteiger charge is -2.51. The van der Waals surface area contributed by atoms with Gasteiger partial charge in [0.25, 0.3) is 0 Å². The van der Waals surface area contributed by atoms with Crippen molar-refractivity contribution in [1.29, 1.82) is 0 Å². The first-order valence-corrected chi connectivity index (χ1v) is 7.70. The maximum Gasteiger partial charge on any atom is 0.231 e. The van der Waals surface area contributed by atoms with Crippen molar-refractivity contribution in [2.24, 2.45) is 0 Å². The minimum atomic E-state index is -0.927. The zero-order chi connectivity index (χ0) is 14.4. The van der Waals surface area contributed by atoms with Gasteiger partial charge in [-0.15, -0.1) is 6.58 Å². The van der Waals surface area contributed by atoms with Gasteiger partial charge in [0.2, 0.25) is 5.91 Å². The molecule has 2 aliphatic carbocycles. The summed E-state index contributed by atoms with van der Waals surface area (Å²) in [7, 11) is 0. The molecule has 1 aromatic carbocycles. The maximum atomic E-state index is 12.6. The normalized spacial score (nSPS) is 32.3. The summed E-state index contributed by atoms with van der Waals surface area (Å²) in [6, 6.07) is 8.12. The highest BCUT2D eigenvalue weighted by molar-refractivity contribution is 9.10. The van der Waals surface area contributed by atoms with Crippen molar-refractivity contribution in [3.05, 3.63) is 47.0 Å². The fraction of sp³-hybridized carbons (Fsp3) is 0.438. The Balaban J connectivity index is 1.92. The molecule has 0 aliphatic heterocycles. The number of hydrogen-bond acceptors (Lipinski definition) is 2. The third-order valence-electron chi connectivity index (χ3n) is 4.32. The molecule has 20 heavy (non-hydrogen) atoms. The molecule has 2 aliphatic rings. The summed E-state index contributed by atoms with van der Waals surface area (Å²) in [6.45, 7) is 3.67. The van der Waals surface area contributed by atoms with Crippen LogP contribution in [0.15, 0.2) is 41.4 Å². The Bertz CT molecular complexity index is 559. The number of hydrogen-bond donors (Lipinski definition) is 2. The fourth-order valence-electron chi connectivity index (χ4n) is 2.97. The largest absolute Gasteiger partial charge is 0.386 e. The number of nitrogens with one attached hydrogen (secondary N) is 1. The van der Waals surface area contributed by atoms with Gasteiger partial charge in [-0.05, 0) is 43.4 Å². The van der Waals surface area contributed by atoms with Crippen LogP contribution in [0.2, 0.25) is 0 Å². The van der Waals surface area contributed by atoms with E-state index < -0.39 is 11.0 Å². The van der Waals surface area contributed by atoms with E-state index in [2.05, 4.69) is 27.8 Å². The summed E-state index contributed by atoms with van der Waals surface area (Å²) in [5, 5.41) is 13.4. The highest BCUT2D eigenvalue weighted by Crippen LogP contribution is 2.51. The van der Waals surface area contributed by atoms with Crippen molar-refractivity contribution in [1.82, 2.24) is 5.32 Å². The van der Waals surface area contributed by atoms with Gasteiger partial charge >= 0.3 is 0 Å². The van der Waals surface area contributed by atoms with Crippen LogP contribution in [-0.2, 0) is 10.2 Å². The molecule has 0 saturated heterocycles. The van der Waals surface area contributed by atoms with Gasteiger partial charge in [-0.1, -0.05) is 34.1 Å². The average molecular weight is 336 g/mol. The lowest BCUT2D eigenvalue weighted by atomic mass is 9.55. The van der Waals surface area contributed by atoms with Crippen molar-refractivity contribution < 1.29 is 9.90 Å². The van der Waals surface area contributed by atoms with E-state index in [0.717, 1.165) is 22.9 Å². The Kier molecular flexibility index (Phi) is 3.26. The Morgan fingerprint density at radius 1 is 1.45 bits per heavy atom. The average Bonchev–Trinajstić information content (AvgIpc) is 3.18. The quantitative estimate of drug-likeness (QED) is 0.831. The second kappa shape index (κ2) is 4.71. The molecule has 3 rings (SSSR count). The maximum absolute atomic E-state index is 12.6. The van der Waals surface area contributed by atoms with E-state index >= 15 is 0 Å². The van der Waals surface area contributed by atoms with Crippen LogP contribution in [0, 0.1) is 0 Å². The Labute approximate surface area is 127 Å². The van der Waals surface area contributed by atoms with Crippen molar-refractivity contribution in [2.45, 2.75) is 42.7 Å². The zero-order valence-electron chi connectivity index (χ0n) is 11.2. The van der Waals surface area contributed by atoms with Crippen LogP contribution in [0.5, 0.6) is 0 Å². The van der Waals surface area contributed by atoms with E-state index in [1.165, 1.54) is 0 Å². The fourth-order valence-corrected chi connectivity index (χ4v) is 3.37. The van der Waals surface area contributed by atoms with Crippen LogP contribution in [0.3, 0.4) is 0 Å². The SMILES string of the molecule is C=CC1(O)CC(C(=O)NC2CC2)(c2cccc(Br)c2)C1. The van der Waals surface area contributed by atoms with Crippen molar-refractivity contribution in [3.63, 3.8) is 0 Å². The van der Waals surface area contributed by atoms with Gasteiger partial charge < -0.3 is 10.4 Å². The molecule has 0 unspecified atom stereocenters. The molecular formula is C16H18BrNO2. The van der Waals surface area contributed by atoms with E-state index in [1.807, 2.05) is 24.3 Å². The second-order valence-electron chi connectivity index (χ2n) is 6.00. The number of carbonyl (C=O) groups excluding carboxylic acids is 1. The third-order valence-corrected chi connectivity index (χ3v) is 4.81. The Morgan fingerprint density at radius 3 is 2.70 bits per heavy atom. The monoisotopic (exact) mass is 335 g/mol. The van der Waals surface area contributed by atoms with Crippen LogP contribution in [-0.4, -0.2) is 22.7 Å². The molecule has 106 valence electrons. The van der Waals surface area contributed by atoms with Crippen LogP contribution < -0.4 is 5.32 Å². The smallest absolute Gasteiger partial charge is 0.231 e. The van der Waals surface area contributed by atoms with E-state index in [9.17, 15) is 9.90 Å². The lowest BCUT2D eigenvalue weighted by Crippen LogP contribution is -2.61. The zero-order valence-corrected chi connectivity index (χ0v) is 12.8. The summed E-state index contributed by atoms with van der Waals surface area (Å²) in [4.78, 5) is 12.6. The molecule has 0 atom stereocenters. The molecule has 0 bridgehead atoms. The van der Waals surface area contributed by atoms with E-state index in [0.29, 0.717) is 18.9 Å². The van der Waals surface area contributed by atoms with E-state index in [4.69, 9.17) is 0 Å². The second-order valence-corrected chi connectivity index (χ2v) is 6.92. The third kappa shape index (κ3) is 2.31. The van der Waals surface area contributed by atoms with E-state index in [-0.39, 0.29) is 5.91 Å². The van der Waals surface area contributed by atoms with E-state index in [1.54, 1.807) is 6.08 Å². The number of halogens is 1. The molecule has 0 heterocycles. The molecule has 1 aromatic rings. The van der Waals surface area contributed by atoms with Gasteiger partial charge in [-0.3, -0.25) is 4.79 Å². The molecule has 1 amide bonds. The number of aliphatic hydroxyl groups is 1. The molecule has 2 saturated carbocycles. The molecular weight excluding hydrogens is 318 g/mol. The van der Waals surface area contributed by atoms with Gasteiger partial charge in [-0.2, -0.15) is 0 Å². The van der Waals surface area contributed by atoms with Gasteiger partial charge in [-0.25, -0.2) is 0 Å². The van der Waals surface area contributed by atoms with Crippen molar-refractivity contribution in [3.8, 4) is 0 Å². The summed E-state index contributed by atoms with van der Waals surface area (Å²) in [6.07, 6.45) is 4.47. The predicted octanol–water partition coefficient (Wildman–Crippen LogP) is 2.68. The Morgan fingerprint density at radius 2 is 2.15 bits per heavy atom. The molecule has 0 radical (unpaired) electrons. The van der Waals surface area contributed by atoms with Crippen LogP contribution >= 0.6 is 15.9 Å². The molecule has 0 aromatic heterocycles. The molecule has 2 N–H and O–H groups in total. The van der Waals surface area contributed by atoms with Crippen LogP contribution in [0.4, 0.5) is 0 Å². The molecule has 3 nitrogen and oxygen atoms in total. The number of benzene rings is 1. The van der Waals surface area contributed by atoms with Crippen molar-refractivity contribution >= 4 is 21.8 Å². The summed E-state index contributed by atoms with van der Waals surface area (Å²) >= 11 is 3.45. The first-order chi connectivity index (χ1) is 9.47. The number of carbonyl (C=O) groups is 1. The lowest BCUT2D eigenvalue weighted by molar-refractivity contribution is -0.141. The Hall–Kier alpha value is -1.13. The summed E-state index contributed by atoms with van der Waals surface area (Å²) in [5.41, 5.74) is -0.602. The van der Waals surface area contributed by atoms with Gasteiger partial charge in [0, 0.05) is 10.5 Å². The van der Waals surface area contributed by atoms with Crippen LogP contribution in [0.1, 0.15) is 31.2 Å². The number of rotatable bonds is 4. The topological polar surface area (TPSA) is 49.3 Å². The highest BCUT2D eigenvalue weighted by atomic mass is 79.9. The summed E-state index contributed by atoms with van der Waals surface area (Å²) < 4.78 is 0.947. The molecule has 2 fully saturated rings. The van der Waals surface area contributed by atoms with Crippen molar-refractivity contribution in [2.75, 3.05) is 0 Å².